The van der Waals surface area contributed by atoms with Gasteiger partial charge >= 0.3 is 0 Å². The number of aliphatic imine (C=N–C) groups is 1. The summed E-state index contributed by atoms with van der Waals surface area (Å²) in [5.74, 6) is 1.90. The summed E-state index contributed by atoms with van der Waals surface area (Å²) in [7, 11) is 1.93. The molecule has 3 aromatic rings. The molecular formula is C24H33N7O. The Morgan fingerprint density at radius 3 is 2.94 bits per heavy atom. The van der Waals surface area contributed by atoms with E-state index in [1.165, 1.54) is 5.56 Å². The number of hydrogen-bond acceptors (Lipinski definition) is 4. The summed E-state index contributed by atoms with van der Waals surface area (Å²) in [5.41, 5.74) is 2.47. The Labute approximate surface area is 189 Å². The third kappa shape index (κ3) is 5.76. The first-order valence-electron chi connectivity index (χ1n) is 11.4. The molecule has 0 bridgehead atoms. The van der Waals surface area contributed by atoms with Crippen LogP contribution in [0.5, 0.6) is 0 Å². The minimum Gasteiger partial charge on any atom is -0.370 e. The second kappa shape index (κ2) is 10.9. The van der Waals surface area contributed by atoms with Crippen LogP contribution in [-0.2, 0) is 31.3 Å². The van der Waals surface area contributed by atoms with Gasteiger partial charge in [-0.2, -0.15) is 5.10 Å². The Kier molecular flexibility index (Phi) is 7.55. The van der Waals surface area contributed by atoms with Crippen LogP contribution in [0.2, 0.25) is 0 Å². The number of aromatic nitrogens is 4. The van der Waals surface area contributed by atoms with Crippen molar-refractivity contribution in [2.45, 2.75) is 39.0 Å². The van der Waals surface area contributed by atoms with Gasteiger partial charge in [0.1, 0.15) is 18.5 Å². The lowest BCUT2D eigenvalue weighted by atomic mass is 10.1. The van der Waals surface area contributed by atoms with Crippen LogP contribution in [0.3, 0.4) is 0 Å². The Balaban J connectivity index is 1.37. The van der Waals surface area contributed by atoms with E-state index < -0.39 is 0 Å². The number of imidazole rings is 1. The zero-order valence-electron chi connectivity index (χ0n) is 19.0. The van der Waals surface area contributed by atoms with Crippen LogP contribution < -0.4 is 5.32 Å². The average molecular weight is 436 g/mol. The highest BCUT2D eigenvalue weighted by Crippen LogP contribution is 2.21. The number of nitrogens with zero attached hydrogens (tertiary/aromatic N) is 6. The molecule has 170 valence electrons. The van der Waals surface area contributed by atoms with Crippen molar-refractivity contribution in [2.75, 3.05) is 26.2 Å². The number of nitrogens with one attached hydrogen (secondary N) is 1. The van der Waals surface area contributed by atoms with Gasteiger partial charge in [0.05, 0.1) is 19.3 Å². The van der Waals surface area contributed by atoms with Crippen LogP contribution in [0.15, 0.2) is 60.1 Å². The summed E-state index contributed by atoms with van der Waals surface area (Å²) < 4.78 is 10.0. The Morgan fingerprint density at radius 2 is 2.16 bits per heavy atom. The number of guanidine groups is 1. The average Bonchev–Trinajstić information content (AvgIpc) is 3.46. The molecule has 4 rings (SSSR count). The molecule has 8 heteroatoms. The summed E-state index contributed by atoms with van der Waals surface area (Å²) in [6, 6.07) is 10.6. The number of ether oxygens (including phenoxy) is 1. The van der Waals surface area contributed by atoms with Crippen LogP contribution in [0.25, 0.3) is 0 Å². The van der Waals surface area contributed by atoms with Crippen molar-refractivity contribution >= 4 is 5.96 Å². The third-order valence-corrected chi connectivity index (χ3v) is 5.68. The molecule has 3 heterocycles. The second-order valence-corrected chi connectivity index (χ2v) is 8.05. The molecular weight excluding hydrogens is 402 g/mol. The number of benzene rings is 1. The van der Waals surface area contributed by atoms with Gasteiger partial charge in [0.15, 0.2) is 5.96 Å². The smallest absolute Gasteiger partial charge is 0.194 e. The predicted octanol–water partition coefficient (Wildman–Crippen LogP) is 2.79. The zero-order valence-corrected chi connectivity index (χ0v) is 19.0. The predicted molar refractivity (Wildman–Crippen MR) is 125 cm³/mol. The number of rotatable bonds is 8. The van der Waals surface area contributed by atoms with Gasteiger partial charge in [-0.05, 0) is 25.3 Å². The highest BCUT2D eigenvalue weighted by Gasteiger charge is 2.25. The third-order valence-electron chi connectivity index (χ3n) is 5.68. The molecule has 1 fully saturated rings. The van der Waals surface area contributed by atoms with Crippen molar-refractivity contribution in [3.8, 4) is 0 Å². The van der Waals surface area contributed by atoms with Gasteiger partial charge in [0.2, 0.25) is 0 Å². The lowest BCUT2D eigenvalue weighted by molar-refractivity contribution is -0.00805. The minimum atomic E-state index is 0.00118. The normalized spacial score (nSPS) is 17.0. The van der Waals surface area contributed by atoms with Crippen LogP contribution in [0.1, 0.15) is 36.4 Å². The van der Waals surface area contributed by atoms with Crippen molar-refractivity contribution in [3.63, 3.8) is 0 Å². The fourth-order valence-electron chi connectivity index (χ4n) is 4.01. The molecule has 32 heavy (non-hydrogen) atoms. The summed E-state index contributed by atoms with van der Waals surface area (Å²) in [6.45, 7) is 6.64. The molecule has 0 amide bonds. The van der Waals surface area contributed by atoms with Gasteiger partial charge < -0.3 is 19.5 Å². The monoisotopic (exact) mass is 435 g/mol. The first-order chi connectivity index (χ1) is 15.7. The van der Waals surface area contributed by atoms with E-state index in [-0.39, 0.29) is 6.10 Å². The molecule has 1 aliphatic heterocycles. The van der Waals surface area contributed by atoms with Crippen molar-refractivity contribution in [3.05, 3.63) is 72.1 Å². The van der Waals surface area contributed by atoms with E-state index in [0.29, 0.717) is 13.2 Å². The first kappa shape index (κ1) is 22.1. The minimum absolute atomic E-state index is 0.00118. The van der Waals surface area contributed by atoms with Crippen LogP contribution in [-0.4, -0.2) is 56.4 Å². The molecule has 0 radical (unpaired) electrons. The summed E-state index contributed by atoms with van der Waals surface area (Å²) in [6.07, 6.45) is 9.96. The fourth-order valence-corrected chi connectivity index (χ4v) is 4.01. The fraction of sp³-hybridized carbons (Fsp3) is 0.458. The Morgan fingerprint density at radius 1 is 1.28 bits per heavy atom. The van der Waals surface area contributed by atoms with E-state index >= 15 is 0 Å². The van der Waals surface area contributed by atoms with E-state index in [1.54, 1.807) is 0 Å². The quantitative estimate of drug-likeness (QED) is 0.435. The van der Waals surface area contributed by atoms with E-state index in [9.17, 15) is 0 Å². The second-order valence-electron chi connectivity index (χ2n) is 8.05. The lowest BCUT2D eigenvalue weighted by Crippen LogP contribution is -2.48. The molecule has 1 saturated heterocycles. The Bertz CT molecular complexity index is 995. The van der Waals surface area contributed by atoms with Gasteiger partial charge in [0, 0.05) is 50.8 Å². The molecule has 1 N–H and O–H groups in total. The highest BCUT2D eigenvalue weighted by atomic mass is 16.5. The maximum absolute atomic E-state index is 5.99. The molecule has 1 aromatic carbocycles. The van der Waals surface area contributed by atoms with Crippen molar-refractivity contribution in [1.29, 1.82) is 0 Å². The van der Waals surface area contributed by atoms with E-state index in [1.807, 2.05) is 30.3 Å². The van der Waals surface area contributed by atoms with Gasteiger partial charge in [-0.3, -0.25) is 4.68 Å². The molecule has 8 nitrogen and oxygen atoms in total. The van der Waals surface area contributed by atoms with Gasteiger partial charge in [-0.15, -0.1) is 0 Å². The summed E-state index contributed by atoms with van der Waals surface area (Å²) in [5, 5.41) is 7.72. The molecule has 0 aliphatic carbocycles. The van der Waals surface area contributed by atoms with Crippen molar-refractivity contribution in [1.82, 2.24) is 29.5 Å². The van der Waals surface area contributed by atoms with E-state index in [4.69, 9.17) is 9.73 Å². The number of morpholine rings is 1. The number of hydrogen-bond donors (Lipinski definition) is 1. The lowest BCUT2D eigenvalue weighted by Gasteiger charge is -2.34. The topological polar surface area (TPSA) is 72.5 Å². The standard InChI is InChI=1S/C24H33N7O/c1-3-25-24(31-14-15-32-22(19-31)21-16-28-29(2)18-21)27-17-23-26-11-13-30(23)12-7-10-20-8-5-4-6-9-20/h4-6,8-9,11,13,16,18,22H,3,7,10,12,14-15,17,19H2,1-2H3,(H,25,27). The van der Waals surface area contributed by atoms with E-state index in [0.717, 1.165) is 56.4 Å². The zero-order chi connectivity index (χ0) is 22.2. The summed E-state index contributed by atoms with van der Waals surface area (Å²) in [4.78, 5) is 11.7. The Hall–Kier alpha value is -3.13. The summed E-state index contributed by atoms with van der Waals surface area (Å²) >= 11 is 0. The van der Waals surface area contributed by atoms with Crippen molar-refractivity contribution < 1.29 is 4.74 Å². The molecule has 1 aliphatic rings. The van der Waals surface area contributed by atoms with Crippen LogP contribution in [0, 0.1) is 0 Å². The largest absolute Gasteiger partial charge is 0.370 e. The number of aryl methyl sites for hydroxylation is 3. The molecule has 1 atom stereocenters. The SMILES string of the molecule is CCNC(=NCc1nccn1CCCc1ccccc1)N1CCOC(c2cnn(C)c2)C1. The van der Waals surface area contributed by atoms with Crippen LogP contribution >= 0.6 is 0 Å². The molecule has 2 aromatic heterocycles. The van der Waals surface area contributed by atoms with Gasteiger partial charge in [0.25, 0.3) is 0 Å². The van der Waals surface area contributed by atoms with E-state index in [2.05, 4.69) is 68.3 Å². The van der Waals surface area contributed by atoms with Crippen molar-refractivity contribution in [2.24, 2.45) is 12.0 Å². The molecule has 0 spiro atoms. The van der Waals surface area contributed by atoms with Gasteiger partial charge in [-0.25, -0.2) is 9.98 Å². The van der Waals surface area contributed by atoms with Crippen LogP contribution in [0.4, 0.5) is 0 Å². The van der Waals surface area contributed by atoms with Gasteiger partial charge in [-0.1, -0.05) is 30.3 Å². The first-order valence-corrected chi connectivity index (χ1v) is 11.4. The molecule has 0 saturated carbocycles. The maximum atomic E-state index is 5.99. The maximum Gasteiger partial charge on any atom is 0.194 e. The molecule has 1 unspecified atom stereocenters. The highest BCUT2D eigenvalue weighted by molar-refractivity contribution is 5.80.